The van der Waals surface area contributed by atoms with Gasteiger partial charge in [0.25, 0.3) is 0 Å². The first-order valence-electron chi connectivity index (χ1n) is 3.51. The quantitative estimate of drug-likeness (QED) is 0.579. The molecule has 2 aliphatic carbocycles. The molecule has 1 atom stereocenters. The summed E-state index contributed by atoms with van der Waals surface area (Å²) in [5.74, 6) is 0.554. The SMILES string of the molecule is NC(=O)CC1CC12CC2. The van der Waals surface area contributed by atoms with Gasteiger partial charge >= 0.3 is 0 Å². The molecule has 0 aromatic carbocycles. The van der Waals surface area contributed by atoms with Gasteiger partial charge in [0.1, 0.15) is 0 Å². The number of carbonyl (C=O) groups is 1. The third kappa shape index (κ3) is 0.732. The van der Waals surface area contributed by atoms with Crippen LogP contribution in [0.1, 0.15) is 25.7 Å². The summed E-state index contributed by atoms with van der Waals surface area (Å²) in [4.78, 5) is 10.4. The molecule has 1 amide bonds. The molecule has 2 nitrogen and oxygen atoms in total. The number of hydrogen-bond acceptors (Lipinski definition) is 1. The van der Waals surface area contributed by atoms with E-state index in [0.29, 0.717) is 17.8 Å². The lowest BCUT2D eigenvalue weighted by molar-refractivity contribution is -0.118. The molecule has 0 aromatic heterocycles. The summed E-state index contributed by atoms with van der Waals surface area (Å²) in [5, 5.41) is 0. The molecule has 9 heavy (non-hydrogen) atoms. The van der Waals surface area contributed by atoms with Gasteiger partial charge in [0.05, 0.1) is 0 Å². The highest BCUT2D eigenvalue weighted by molar-refractivity contribution is 5.74. The molecule has 2 N–H and O–H groups in total. The van der Waals surface area contributed by atoms with E-state index in [1.165, 1.54) is 19.3 Å². The minimum Gasteiger partial charge on any atom is -0.370 e. The van der Waals surface area contributed by atoms with Gasteiger partial charge in [-0.25, -0.2) is 0 Å². The first-order chi connectivity index (χ1) is 4.23. The summed E-state index contributed by atoms with van der Waals surface area (Å²) >= 11 is 0. The number of carbonyl (C=O) groups excluding carboxylic acids is 1. The van der Waals surface area contributed by atoms with Crippen molar-refractivity contribution in [3.05, 3.63) is 0 Å². The van der Waals surface area contributed by atoms with E-state index < -0.39 is 0 Å². The van der Waals surface area contributed by atoms with E-state index in [1.807, 2.05) is 0 Å². The smallest absolute Gasteiger partial charge is 0.217 e. The summed E-state index contributed by atoms with van der Waals surface area (Å²) in [6, 6.07) is 0. The minimum absolute atomic E-state index is 0.122. The first-order valence-corrected chi connectivity index (χ1v) is 3.51. The van der Waals surface area contributed by atoms with Crippen molar-refractivity contribution in [1.82, 2.24) is 0 Å². The van der Waals surface area contributed by atoms with E-state index in [9.17, 15) is 4.79 Å². The van der Waals surface area contributed by atoms with Crippen molar-refractivity contribution in [1.29, 1.82) is 0 Å². The number of rotatable bonds is 2. The van der Waals surface area contributed by atoms with Crippen LogP contribution in [0.25, 0.3) is 0 Å². The van der Waals surface area contributed by atoms with Crippen molar-refractivity contribution < 1.29 is 4.79 Å². The zero-order valence-electron chi connectivity index (χ0n) is 5.39. The van der Waals surface area contributed by atoms with E-state index in [0.717, 1.165) is 0 Å². The molecule has 2 fully saturated rings. The van der Waals surface area contributed by atoms with Crippen molar-refractivity contribution in [2.24, 2.45) is 17.1 Å². The second kappa shape index (κ2) is 1.31. The second-order valence-electron chi connectivity index (χ2n) is 3.43. The zero-order valence-corrected chi connectivity index (χ0v) is 5.39. The van der Waals surface area contributed by atoms with Crippen molar-refractivity contribution >= 4 is 5.91 Å². The van der Waals surface area contributed by atoms with Crippen LogP contribution < -0.4 is 5.73 Å². The van der Waals surface area contributed by atoms with Crippen molar-refractivity contribution in [2.75, 3.05) is 0 Å². The maximum atomic E-state index is 10.4. The van der Waals surface area contributed by atoms with E-state index in [-0.39, 0.29) is 5.91 Å². The largest absolute Gasteiger partial charge is 0.370 e. The molecule has 0 saturated heterocycles. The molecule has 2 aliphatic rings. The van der Waals surface area contributed by atoms with Crippen LogP contribution in [0.3, 0.4) is 0 Å². The lowest BCUT2D eigenvalue weighted by atomic mass is 10.2. The zero-order chi connectivity index (χ0) is 6.48. The third-order valence-corrected chi connectivity index (χ3v) is 2.70. The molecular formula is C7H11NO. The van der Waals surface area contributed by atoms with Gasteiger partial charge in [-0.05, 0) is 30.6 Å². The Labute approximate surface area is 54.4 Å². The van der Waals surface area contributed by atoms with Crippen molar-refractivity contribution in [3.63, 3.8) is 0 Å². The lowest BCUT2D eigenvalue weighted by Crippen LogP contribution is -2.11. The average molecular weight is 125 g/mol. The van der Waals surface area contributed by atoms with Gasteiger partial charge in [0.15, 0.2) is 0 Å². The summed E-state index contributed by atoms with van der Waals surface area (Å²) in [5.41, 5.74) is 5.69. The highest BCUT2D eigenvalue weighted by atomic mass is 16.1. The van der Waals surface area contributed by atoms with Crippen LogP contribution in [0.15, 0.2) is 0 Å². The maximum absolute atomic E-state index is 10.4. The Bertz CT molecular complexity index is 160. The molecule has 50 valence electrons. The fraction of sp³-hybridized carbons (Fsp3) is 0.857. The van der Waals surface area contributed by atoms with Gasteiger partial charge < -0.3 is 5.73 Å². The van der Waals surface area contributed by atoms with Crippen LogP contribution in [-0.2, 0) is 4.79 Å². The van der Waals surface area contributed by atoms with Gasteiger partial charge in [-0.2, -0.15) is 0 Å². The summed E-state index contributed by atoms with van der Waals surface area (Å²) in [6.07, 6.45) is 4.62. The van der Waals surface area contributed by atoms with Gasteiger partial charge in [-0.15, -0.1) is 0 Å². The second-order valence-corrected chi connectivity index (χ2v) is 3.43. The molecule has 0 heterocycles. The minimum atomic E-state index is -0.122. The highest BCUT2D eigenvalue weighted by Crippen LogP contribution is 2.71. The molecule has 0 bridgehead atoms. The normalized spacial score (nSPS) is 34.4. The summed E-state index contributed by atoms with van der Waals surface area (Å²) in [6.45, 7) is 0. The Kier molecular flexibility index (Phi) is 0.765. The van der Waals surface area contributed by atoms with Crippen molar-refractivity contribution in [3.8, 4) is 0 Å². The molecular weight excluding hydrogens is 114 g/mol. The molecule has 0 aliphatic heterocycles. The Balaban J connectivity index is 1.84. The van der Waals surface area contributed by atoms with E-state index in [4.69, 9.17) is 5.73 Å². The Morgan fingerprint density at radius 3 is 2.67 bits per heavy atom. The van der Waals surface area contributed by atoms with Gasteiger partial charge in [-0.3, -0.25) is 4.79 Å². The Morgan fingerprint density at radius 1 is 1.67 bits per heavy atom. The Hall–Kier alpha value is -0.530. The van der Waals surface area contributed by atoms with Crippen LogP contribution in [0.5, 0.6) is 0 Å². The predicted octanol–water partition coefficient (Wildman–Crippen LogP) is 0.662. The monoisotopic (exact) mass is 125 g/mol. The fourth-order valence-corrected chi connectivity index (χ4v) is 1.74. The third-order valence-electron chi connectivity index (χ3n) is 2.70. The van der Waals surface area contributed by atoms with Gasteiger partial charge in [0.2, 0.25) is 5.91 Å². The number of amides is 1. The van der Waals surface area contributed by atoms with E-state index >= 15 is 0 Å². The molecule has 1 spiro atoms. The summed E-state index contributed by atoms with van der Waals surface area (Å²) in [7, 11) is 0. The maximum Gasteiger partial charge on any atom is 0.217 e. The standard InChI is InChI=1S/C7H11NO/c8-6(9)3-5-4-7(5)1-2-7/h5H,1-4H2,(H2,8,9). The first kappa shape index (κ1) is 5.27. The van der Waals surface area contributed by atoms with E-state index in [2.05, 4.69) is 0 Å². The topological polar surface area (TPSA) is 43.1 Å². The molecule has 2 rings (SSSR count). The predicted molar refractivity (Wildman–Crippen MR) is 33.6 cm³/mol. The molecule has 2 saturated carbocycles. The molecule has 2 heteroatoms. The average Bonchev–Trinajstić information content (AvgIpc) is 2.54. The summed E-state index contributed by atoms with van der Waals surface area (Å²) < 4.78 is 0. The molecule has 0 aromatic rings. The molecule has 1 unspecified atom stereocenters. The fourth-order valence-electron chi connectivity index (χ4n) is 1.74. The van der Waals surface area contributed by atoms with Gasteiger partial charge in [-0.1, -0.05) is 0 Å². The highest BCUT2D eigenvalue weighted by Gasteiger charge is 2.62. The van der Waals surface area contributed by atoms with Crippen LogP contribution in [0.2, 0.25) is 0 Å². The van der Waals surface area contributed by atoms with E-state index in [1.54, 1.807) is 0 Å². The van der Waals surface area contributed by atoms with Gasteiger partial charge in [0, 0.05) is 6.42 Å². The molecule has 0 radical (unpaired) electrons. The number of nitrogens with two attached hydrogens (primary N) is 1. The van der Waals surface area contributed by atoms with Crippen LogP contribution in [0.4, 0.5) is 0 Å². The number of primary amides is 1. The number of hydrogen-bond donors (Lipinski definition) is 1. The van der Waals surface area contributed by atoms with Crippen LogP contribution >= 0.6 is 0 Å². The Morgan fingerprint density at radius 2 is 2.33 bits per heavy atom. The van der Waals surface area contributed by atoms with Crippen molar-refractivity contribution in [2.45, 2.75) is 25.7 Å². The van der Waals surface area contributed by atoms with Crippen LogP contribution in [-0.4, -0.2) is 5.91 Å². The lowest BCUT2D eigenvalue weighted by Gasteiger charge is -1.88. The van der Waals surface area contributed by atoms with Crippen LogP contribution in [0, 0.1) is 11.3 Å².